The molecular weight excluding hydrogens is 317 g/mol. The van der Waals surface area contributed by atoms with Crippen LogP contribution in [-0.4, -0.2) is 11.9 Å². The highest BCUT2D eigenvalue weighted by Crippen LogP contribution is 2.29. The van der Waals surface area contributed by atoms with Crippen LogP contribution in [-0.2, 0) is 4.79 Å². The molecule has 3 N–H and O–H groups in total. The van der Waals surface area contributed by atoms with Crippen LogP contribution in [0.3, 0.4) is 0 Å². The average Bonchev–Trinajstić information content (AvgIpc) is 3.11. The highest BCUT2D eigenvalue weighted by molar-refractivity contribution is 5.95. The van der Waals surface area contributed by atoms with Gasteiger partial charge in [0.25, 0.3) is 0 Å². The Morgan fingerprint density at radius 2 is 1.80 bits per heavy atom. The lowest BCUT2D eigenvalue weighted by atomic mass is 9.96. The Bertz CT molecular complexity index is 922. The highest BCUT2D eigenvalue weighted by atomic mass is 19.1. The summed E-state index contributed by atoms with van der Waals surface area (Å²) in [4.78, 5) is 12.4. The van der Waals surface area contributed by atoms with Crippen LogP contribution in [0.1, 0.15) is 18.0 Å². The maximum atomic E-state index is 13.2. The molecule has 5 heteroatoms. The molecule has 126 valence electrons. The molecule has 0 spiro atoms. The van der Waals surface area contributed by atoms with Gasteiger partial charge < -0.3 is 5.32 Å². The summed E-state index contributed by atoms with van der Waals surface area (Å²) in [5, 5.41) is 5.10. The third kappa shape index (κ3) is 3.24. The average molecular weight is 335 g/mol. The fourth-order valence-electron chi connectivity index (χ4n) is 3.28. The number of amides is 1. The van der Waals surface area contributed by atoms with E-state index in [-0.39, 0.29) is 23.8 Å². The number of carbonyl (C=O) groups excluding carboxylic acids is 1. The molecule has 25 heavy (non-hydrogen) atoms. The van der Waals surface area contributed by atoms with Gasteiger partial charge in [0, 0.05) is 11.7 Å². The zero-order chi connectivity index (χ0) is 17.2. The number of hydrogen-bond donors (Lipinski definition) is 3. The molecule has 4 nitrogen and oxygen atoms in total. The Kier molecular flexibility index (Phi) is 4.17. The SMILES string of the molecule is O=C(Nc1cccc(F)c1)C1CC(c2cccc3ccccc23)NN1. The van der Waals surface area contributed by atoms with E-state index >= 15 is 0 Å². The van der Waals surface area contributed by atoms with Crippen LogP contribution in [0.2, 0.25) is 0 Å². The van der Waals surface area contributed by atoms with E-state index < -0.39 is 0 Å². The van der Waals surface area contributed by atoms with Crippen LogP contribution in [0.15, 0.2) is 66.7 Å². The molecule has 1 aliphatic rings. The lowest BCUT2D eigenvalue weighted by molar-refractivity contribution is -0.117. The Morgan fingerprint density at radius 1 is 1.00 bits per heavy atom. The van der Waals surface area contributed by atoms with Crippen molar-refractivity contribution < 1.29 is 9.18 Å². The van der Waals surface area contributed by atoms with E-state index in [2.05, 4.69) is 40.4 Å². The van der Waals surface area contributed by atoms with Crippen molar-refractivity contribution in [2.24, 2.45) is 0 Å². The fourth-order valence-corrected chi connectivity index (χ4v) is 3.28. The molecular formula is C20H18FN3O. The Labute approximate surface area is 145 Å². The van der Waals surface area contributed by atoms with Gasteiger partial charge in [0.1, 0.15) is 11.9 Å². The van der Waals surface area contributed by atoms with Gasteiger partial charge in [-0.15, -0.1) is 0 Å². The molecule has 0 aliphatic carbocycles. The number of nitrogens with one attached hydrogen (secondary N) is 3. The van der Waals surface area contributed by atoms with E-state index in [9.17, 15) is 9.18 Å². The number of fused-ring (bicyclic) bond motifs is 1. The van der Waals surface area contributed by atoms with Gasteiger partial charge >= 0.3 is 0 Å². The van der Waals surface area contributed by atoms with Crippen molar-refractivity contribution in [2.75, 3.05) is 5.32 Å². The number of rotatable bonds is 3. The topological polar surface area (TPSA) is 53.2 Å². The predicted octanol–water partition coefficient (Wildman–Crippen LogP) is 3.53. The quantitative estimate of drug-likeness (QED) is 0.686. The van der Waals surface area contributed by atoms with Gasteiger partial charge in [0.2, 0.25) is 5.91 Å². The van der Waals surface area contributed by atoms with Crippen molar-refractivity contribution in [1.82, 2.24) is 10.9 Å². The van der Waals surface area contributed by atoms with Crippen molar-refractivity contribution >= 4 is 22.4 Å². The molecule has 1 fully saturated rings. The summed E-state index contributed by atoms with van der Waals surface area (Å²) in [5.41, 5.74) is 7.87. The Hall–Kier alpha value is -2.76. The summed E-state index contributed by atoms with van der Waals surface area (Å²) in [6, 6.07) is 19.9. The third-order valence-corrected chi connectivity index (χ3v) is 4.51. The minimum absolute atomic E-state index is 0.0364. The minimum atomic E-state index is -0.382. The first kappa shape index (κ1) is 15.7. The maximum Gasteiger partial charge on any atom is 0.242 e. The Balaban J connectivity index is 1.50. The first-order chi connectivity index (χ1) is 12.2. The lowest BCUT2D eigenvalue weighted by Crippen LogP contribution is -2.39. The van der Waals surface area contributed by atoms with Gasteiger partial charge in [-0.1, -0.05) is 48.5 Å². The maximum absolute atomic E-state index is 13.2. The molecule has 0 radical (unpaired) electrons. The molecule has 4 rings (SSSR count). The van der Waals surface area contributed by atoms with Gasteiger partial charge in [-0.3, -0.25) is 4.79 Å². The van der Waals surface area contributed by atoms with Gasteiger partial charge in [-0.05, 0) is 41.0 Å². The standard InChI is InChI=1S/C20H18FN3O/c21-14-7-4-8-15(11-14)22-20(25)19-12-18(23-24-19)17-10-3-6-13-5-1-2-9-16(13)17/h1-11,18-19,23-24H,12H2,(H,22,25). The van der Waals surface area contributed by atoms with Crippen molar-refractivity contribution in [3.8, 4) is 0 Å². The second kappa shape index (κ2) is 6.63. The zero-order valence-corrected chi connectivity index (χ0v) is 13.5. The van der Waals surface area contributed by atoms with E-state index in [1.54, 1.807) is 12.1 Å². The normalized spacial score (nSPS) is 19.9. The highest BCUT2D eigenvalue weighted by Gasteiger charge is 2.30. The molecule has 1 saturated heterocycles. The molecule has 2 unspecified atom stereocenters. The second-order valence-electron chi connectivity index (χ2n) is 6.20. The van der Waals surface area contributed by atoms with Crippen molar-refractivity contribution in [3.05, 3.63) is 78.1 Å². The molecule has 3 aromatic carbocycles. The molecule has 3 aromatic rings. The number of halogens is 1. The van der Waals surface area contributed by atoms with Gasteiger partial charge in [-0.2, -0.15) is 0 Å². The van der Waals surface area contributed by atoms with Crippen molar-refractivity contribution in [1.29, 1.82) is 0 Å². The first-order valence-corrected chi connectivity index (χ1v) is 8.26. The summed E-state index contributed by atoms with van der Waals surface area (Å²) in [6.07, 6.45) is 0.620. The van der Waals surface area contributed by atoms with Crippen LogP contribution < -0.4 is 16.2 Å². The number of carbonyl (C=O) groups is 1. The third-order valence-electron chi connectivity index (χ3n) is 4.51. The summed E-state index contributed by atoms with van der Waals surface area (Å²) in [5.74, 6) is -0.551. The molecule has 1 aliphatic heterocycles. The lowest BCUT2D eigenvalue weighted by Gasteiger charge is -2.13. The molecule has 1 amide bonds. The summed E-state index contributed by atoms with van der Waals surface area (Å²) in [7, 11) is 0. The fraction of sp³-hybridized carbons (Fsp3) is 0.150. The van der Waals surface area contributed by atoms with E-state index in [1.165, 1.54) is 22.9 Å². The van der Waals surface area contributed by atoms with Gasteiger partial charge in [0.15, 0.2) is 0 Å². The number of hydrogen-bond acceptors (Lipinski definition) is 3. The molecule has 0 bridgehead atoms. The number of hydrazine groups is 1. The molecule has 1 heterocycles. The van der Waals surface area contributed by atoms with E-state index in [4.69, 9.17) is 0 Å². The van der Waals surface area contributed by atoms with Gasteiger partial charge in [0.05, 0.1) is 0 Å². The monoisotopic (exact) mass is 335 g/mol. The largest absolute Gasteiger partial charge is 0.325 e. The minimum Gasteiger partial charge on any atom is -0.325 e. The van der Waals surface area contributed by atoms with Crippen LogP contribution in [0.5, 0.6) is 0 Å². The molecule has 2 atom stereocenters. The summed E-state index contributed by atoms with van der Waals surface area (Å²) in [6.45, 7) is 0. The van der Waals surface area contributed by atoms with Crippen LogP contribution in [0, 0.1) is 5.82 Å². The molecule has 0 saturated carbocycles. The summed E-state index contributed by atoms with van der Waals surface area (Å²) >= 11 is 0. The molecule has 0 aromatic heterocycles. The van der Waals surface area contributed by atoms with E-state index in [1.807, 2.05) is 18.2 Å². The smallest absolute Gasteiger partial charge is 0.242 e. The predicted molar refractivity (Wildman–Crippen MR) is 96.4 cm³/mol. The van der Waals surface area contributed by atoms with Crippen LogP contribution in [0.4, 0.5) is 10.1 Å². The van der Waals surface area contributed by atoms with Crippen LogP contribution in [0.25, 0.3) is 10.8 Å². The zero-order valence-electron chi connectivity index (χ0n) is 13.5. The second-order valence-corrected chi connectivity index (χ2v) is 6.20. The van der Waals surface area contributed by atoms with E-state index in [0.29, 0.717) is 12.1 Å². The Morgan fingerprint density at radius 3 is 2.68 bits per heavy atom. The first-order valence-electron chi connectivity index (χ1n) is 8.26. The van der Waals surface area contributed by atoms with Gasteiger partial charge in [-0.25, -0.2) is 15.2 Å². The van der Waals surface area contributed by atoms with Crippen LogP contribution >= 0.6 is 0 Å². The number of anilines is 1. The number of benzene rings is 3. The summed E-state index contributed by atoms with van der Waals surface area (Å²) < 4.78 is 13.2. The van der Waals surface area contributed by atoms with Crippen molar-refractivity contribution in [3.63, 3.8) is 0 Å². The van der Waals surface area contributed by atoms with E-state index in [0.717, 1.165) is 5.56 Å². The van der Waals surface area contributed by atoms with Crippen molar-refractivity contribution in [2.45, 2.75) is 18.5 Å².